The number of alkyl halides is 3. The van der Waals surface area contributed by atoms with Crippen LogP contribution >= 0.6 is 0 Å². The van der Waals surface area contributed by atoms with E-state index >= 15 is 4.39 Å². The quantitative estimate of drug-likeness (QED) is 0.148. The van der Waals surface area contributed by atoms with E-state index in [1.165, 1.54) is 6.07 Å². The lowest BCUT2D eigenvalue weighted by molar-refractivity contribution is -0.275. The highest BCUT2D eigenvalue weighted by molar-refractivity contribution is 5.84. The topological polar surface area (TPSA) is 44.2 Å². The van der Waals surface area contributed by atoms with E-state index in [9.17, 15) is 17.6 Å². The van der Waals surface area contributed by atoms with E-state index in [1.807, 2.05) is 18.2 Å². The molecule has 9 heteroatoms. The van der Waals surface area contributed by atoms with Crippen LogP contribution in [0, 0.1) is 11.6 Å². The lowest BCUT2D eigenvalue weighted by Crippen LogP contribution is -2.18. The monoisotopic (exact) mass is 530 g/mol. The largest absolute Gasteiger partial charge is 0.573 e. The molecular formula is C29H27F5N2O2. The van der Waals surface area contributed by atoms with Crippen molar-refractivity contribution in [2.24, 2.45) is 0 Å². The minimum atomic E-state index is -4.97. The Morgan fingerprint density at radius 3 is 2.24 bits per heavy atom. The number of nitrogens with zero attached hydrogens (tertiary/aromatic N) is 2. The normalized spacial score (nSPS) is 11.6. The van der Waals surface area contributed by atoms with Gasteiger partial charge in [0.1, 0.15) is 11.6 Å². The highest BCUT2D eigenvalue weighted by atomic mass is 19.4. The van der Waals surface area contributed by atoms with Gasteiger partial charge < -0.3 is 9.47 Å². The SMILES string of the molecule is CCCCOc1cnc(CCc2ccc3c(F)c(CCc4ccc(OC(F)(F)F)c(F)c4)ccc3c2)nc1. The number of ether oxygens (including phenoxy) is 2. The summed E-state index contributed by atoms with van der Waals surface area (Å²) in [5, 5.41) is 1.22. The first-order valence-corrected chi connectivity index (χ1v) is 12.4. The van der Waals surface area contributed by atoms with Gasteiger partial charge in [-0.25, -0.2) is 18.7 Å². The predicted molar refractivity (Wildman–Crippen MR) is 134 cm³/mol. The highest BCUT2D eigenvalue weighted by Gasteiger charge is 2.32. The minimum Gasteiger partial charge on any atom is -0.490 e. The molecule has 3 aromatic carbocycles. The number of halogens is 5. The van der Waals surface area contributed by atoms with E-state index in [4.69, 9.17) is 4.74 Å². The van der Waals surface area contributed by atoms with E-state index in [0.29, 0.717) is 47.5 Å². The maximum Gasteiger partial charge on any atom is 0.573 e. The lowest BCUT2D eigenvalue weighted by atomic mass is 9.98. The van der Waals surface area contributed by atoms with Crippen molar-refractivity contribution in [1.29, 1.82) is 0 Å². The molecule has 1 heterocycles. The van der Waals surface area contributed by atoms with Crippen LogP contribution in [0.2, 0.25) is 0 Å². The second-order valence-corrected chi connectivity index (χ2v) is 8.94. The molecule has 38 heavy (non-hydrogen) atoms. The Kier molecular flexibility index (Phi) is 8.76. The third kappa shape index (κ3) is 7.40. The van der Waals surface area contributed by atoms with Crippen molar-refractivity contribution in [3.63, 3.8) is 0 Å². The Morgan fingerprint density at radius 2 is 1.53 bits per heavy atom. The van der Waals surface area contributed by atoms with Crippen LogP contribution in [0.3, 0.4) is 0 Å². The summed E-state index contributed by atoms with van der Waals surface area (Å²) in [6, 6.07) is 12.3. The smallest absolute Gasteiger partial charge is 0.490 e. The summed E-state index contributed by atoms with van der Waals surface area (Å²) in [5.74, 6) is -1.03. The average Bonchev–Trinajstić information content (AvgIpc) is 2.89. The maximum atomic E-state index is 15.2. The van der Waals surface area contributed by atoms with Crippen molar-refractivity contribution in [2.75, 3.05) is 6.61 Å². The molecule has 0 atom stereocenters. The van der Waals surface area contributed by atoms with Gasteiger partial charge in [-0.15, -0.1) is 13.2 Å². The van der Waals surface area contributed by atoms with Crippen LogP contribution in [0.15, 0.2) is 60.9 Å². The Bertz CT molecular complexity index is 1370. The van der Waals surface area contributed by atoms with Crippen molar-refractivity contribution >= 4 is 10.8 Å². The van der Waals surface area contributed by atoms with Crippen molar-refractivity contribution in [1.82, 2.24) is 9.97 Å². The van der Waals surface area contributed by atoms with Gasteiger partial charge in [-0.2, -0.15) is 0 Å². The molecule has 4 nitrogen and oxygen atoms in total. The van der Waals surface area contributed by atoms with Crippen LogP contribution < -0.4 is 9.47 Å². The van der Waals surface area contributed by atoms with E-state index in [-0.39, 0.29) is 18.7 Å². The van der Waals surface area contributed by atoms with Crippen LogP contribution in [-0.2, 0) is 25.7 Å². The van der Waals surface area contributed by atoms with E-state index in [1.54, 1.807) is 24.5 Å². The van der Waals surface area contributed by atoms with Gasteiger partial charge >= 0.3 is 6.36 Å². The number of aryl methyl sites for hydroxylation is 4. The van der Waals surface area contributed by atoms with E-state index in [2.05, 4.69) is 21.6 Å². The Labute approximate surface area is 217 Å². The Morgan fingerprint density at radius 1 is 0.816 bits per heavy atom. The van der Waals surface area contributed by atoms with Gasteiger partial charge in [-0.1, -0.05) is 49.7 Å². The van der Waals surface area contributed by atoms with E-state index < -0.39 is 17.9 Å². The molecule has 0 spiro atoms. The third-order valence-electron chi connectivity index (χ3n) is 6.09. The molecule has 0 bridgehead atoms. The Hall–Kier alpha value is -3.75. The number of rotatable bonds is 11. The van der Waals surface area contributed by atoms with Crippen LogP contribution in [0.25, 0.3) is 10.8 Å². The molecular weight excluding hydrogens is 503 g/mol. The van der Waals surface area contributed by atoms with Gasteiger partial charge in [0.2, 0.25) is 0 Å². The van der Waals surface area contributed by atoms with Crippen molar-refractivity contribution in [3.8, 4) is 11.5 Å². The number of benzene rings is 3. The number of hydrogen-bond acceptors (Lipinski definition) is 4. The summed E-state index contributed by atoms with van der Waals surface area (Å²) in [6.45, 7) is 2.74. The lowest BCUT2D eigenvalue weighted by Gasteiger charge is -2.11. The maximum absolute atomic E-state index is 15.2. The zero-order valence-electron chi connectivity index (χ0n) is 20.8. The number of aromatic nitrogens is 2. The van der Waals surface area contributed by atoms with Crippen LogP contribution in [0.4, 0.5) is 22.0 Å². The van der Waals surface area contributed by atoms with Crippen LogP contribution in [-0.4, -0.2) is 22.9 Å². The summed E-state index contributed by atoms with van der Waals surface area (Å²) in [7, 11) is 0. The summed E-state index contributed by atoms with van der Waals surface area (Å²) >= 11 is 0. The molecule has 1 aromatic heterocycles. The van der Waals surface area contributed by atoms with Gasteiger partial charge in [-0.3, -0.25) is 0 Å². The molecule has 0 aliphatic heterocycles. The zero-order valence-corrected chi connectivity index (χ0v) is 20.8. The fourth-order valence-corrected chi connectivity index (χ4v) is 4.06. The standard InChI is InChI=1S/C29H27F5N2O2/c1-2-3-14-37-23-17-35-27(36-18-23)13-7-19-5-11-24-22(15-19)10-9-21(28(24)31)8-4-20-6-12-26(25(30)16-20)38-29(32,33)34/h5-6,9-12,15-18H,2-4,7-8,13-14H2,1H3. The van der Waals surface area contributed by atoms with Gasteiger partial charge in [0.05, 0.1) is 19.0 Å². The highest BCUT2D eigenvalue weighted by Crippen LogP contribution is 2.28. The van der Waals surface area contributed by atoms with E-state index in [0.717, 1.165) is 35.9 Å². The second kappa shape index (κ2) is 12.2. The molecule has 0 amide bonds. The van der Waals surface area contributed by atoms with Crippen molar-refractivity contribution < 1.29 is 31.4 Å². The summed E-state index contributed by atoms with van der Waals surface area (Å²) in [5.41, 5.74) is 1.90. The second-order valence-electron chi connectivity index (χ2n) is 8.94. The number of fused-ring (bicyclic) bond motifs is 1. The molecule has 200 valence electrons. The molecule has 0 N–H and O–H groups in total. The molecule has 4 rings (SSSR count). The first-order chi connectivity index (χ1) is 18.2. The Balaban J connectivity index is 1.37. The van der Waals surface area contributed by atoms with Crippen LogP contribution in [0.1, 0.15) is 42.3 Å². The molecule has 4 aromatic rings. The minimum absolute atomic E-state index is 0.256. The summed E-state index contributed by atoms with van der Waals surface area (Å²) in [4.78, 5) is 8.71. The average molecular weight is 531 g/mol. The molecule has 0 unspecified atom stereocenters. The number of unbranched alkanes of at least 4 members (excludes halogenated alkanes) is 1. The third-order valence-corrected chi connectivity index (χ3v) is 6.09. The van der Waals surface area contributed by atoms with Crippen LogP contribution in [0.5, 0.6) is 11.5 Å². The molecule has 0 fully saturated rings. The molecule has 0 saturated carbocycles. The zero-order chi connectivity index (χ0) is 27.1. The fourth-order valence-electron chi connectivity index (χ4n) is 4.06. The van der Waals surface area contributed by atoms with Crippen molar-refractivity contribution in [2.45, 2.75) is 51.8 Å². The molecule has 0 aliphatic rings. The van der Waals surface area contributed by atoms with Gasteiger partial charge in [0.15, 0.2) is 17.3 Å². The fraction of sp³-hybridized carbons (Fsp3) is 0.310. The van der Waals surface area contributed by atoms with Gasteiger partial charge in [0.25, 0.3) is 0 Å². The predicted octanol–water partition coefficient (Wildman–Crippen LogP) is 7.56. The first-order valence-electron chi connectivity index (χ1n) is 12.4. The van der Waals surface area contributed by atoms with Gasteiger partial charge in [0, 0.05) is 11.8 Å². The molecule has 0 radical (unpaired) electrons. The van der Waals surface area contributed by atoms with Gasteiger partial charge in [-0.05, 0) is 59.9 Å². The first kappa shape index (κ1) is 27.3. The molecule has 0 saturated heterocycles. The van der Waals surface area contributed by atoms with Crippen molar-refractivity contribution in [3.05, 3.63) is 95.1 Å². The summed E-state index contributed by atoms with van der Waals surface area (Å²) < 4.78 is 75.4. The number of hydrogen-bond donors (Lipinski definition) is 0. The molecule has 0 aliphatic carbocycles. The summed E-state index contributed by atoms with van der Waals surface area (Å²) in [6.07, 6.45) is 2.24.